The lowest BCUT2D eigenvalue weighted by Gasteiger charge is -2.15. The van der Waals surface area contributed by atoms with Crippen LogP contribution in [-0.4, -0.2) is 17.0 Å². The number of amides is 1. The van der Waals surface area contributed by atoms with E-state index >= 15 is 0 Å². The number of carbonyl (C=O) groups excluding carboxylic acids is 1. The summed E-state index contributed by atoms with van der Waals surface area (Å²) in [5.41, 5.74) is 1.02. The van der Waals surface area contributed by atoms with Gasteiger partial charge < -0.3 is 10.4 Å². The first-order chi connectivity index (χ1) is 8.68. The summed E-state index contributed by atoms with van der Waals surface area (Å²) in [5.74, 6) is -1.87. The SMILES string of the molecule is O=C(O)C1CCCC1C(=O)NCc1ccccc1. The maximum Gasteiger partial charge on any atom is 0.307 e. The molecule has 1 amide bonds. The number of carboxylic acid groups (broad SMARTS) is 1. The average molecular weight is 247 g/mol. The molecule has 2 N–H and O–H groups in total. The second-order valence-corrected chi connectivity index (χ2v) is 4.69. The molecule has 96 valence electrons. The first-order valence-electron chi connectivity index (χ1n) is 6.23. The number of carbonyl (C=O) groups is 2. The van der Waals surface area contributed by atoms with Gasteiger partial charge in [0.15, 0.2) is 0 Å². The number of hydrogen-bond acceptors (Lipinski definition) is 2. The van der Waals surface area contributed by atoms with Gasteiger partial charge in [0.2, 0.25) is 5.91 Å². The Morgan fingerprint density at radius 1 is 1.17 bits per heavy atom. The van der Waals surface area contributed by atoms with E-state index in [9.17, 15) is 9.59 Å². The van der Waals surface area contributed by atoms with Crippen LogP contribution in [0.15, 0.2) is 30.3 Å². The van der Waals surface area contributed by atoms with Crippen molar-refractivity contribution in [2.75, 3.05) is 0 Å². The fourth-order valence-electron chi connectivity index (χ4n) is 2.49. The minimum absolute atomic E-state index is 0.135. The van der Waals surface area contributed by atoms with Crippen LogP contribution in [0.5, 0.6) is 0 Å². The number of aliphatic carboxylic acids is 1. The van der Waals surface area contributed by atoms with Crippen LogP contribution in [0, 0.1) is 11.8 Å². The van der Waals surface area contributed by atoms with Crippen LogP contribution in [0.2, 0.25) is 0 Å². The number of hydrogen-bond donors (Lipinski definition) is 2. The zero-order valence-electron chi connectivity index (χ0n) is 10.1. The lowest BCUT2D eigenvalue weighted by Crippen LogP contribution is -2.34. The molecular weight excluding hydrogens is 230 g/mol. The first-order valence-corrected chi connectivity index (χ1v) is 6.23. The van der Waals surface area contributed by atoms with Crippen molar-refractivity contribution in [3.63, 3.8) is 0 Å². The summed E-state index contributed by atoms with van der Waals surface area (Å²) >= 11 is 0. The third kappa shape index (κ3) is 2.88. The van der Waals surface area contributed by atoms with E-state index in [2.05, 4.69) is 5.32 Å². The highest BCUT2D eigenvalue weighted by atomic mass is 16.4. The average Bonchev–Trinajstić information content (AvgIpc) is 2.86. The second-order valence-electron chi connectivity index (χ2n) is 4.69. The molecule has 1 aliphatic carbocycles. The van der Waals surface area contributed by atoms with Crippen molar-refractivity contribution < 1.29 is 14.7 Å². The third-order valence-corrected chi connectivity index (χ3v) is 3.48. The summed E-state index contributed by atoms with van der Waals surface area (Å²) in [5, 5.41) is 11.9. The molecular formula is C14H17NO3. The smallest absolute Gasteiger partial charge is 0.307 e. The standard InChI is InChI=1S/C14H17NO3/c16-13(11-7-4-8-12(11)14(17)18)15-9-10-5-2-1-3-6-10/h1-3,5-6,11-12H,4,7-9H2,(H,15,16)(H,17,18). The minimum atomic E-state index is -0.854. The lowest BCUT2D eigenvalue weighted by molar-refractivity contribution is -0.146. The van der Waals surface area contributed by atoms with E-state index in [0.29, 0.717) is 19.4 Å². The summed E-state index contributed by atoms with van der Waals surface area (Å²) in [4.78, 5) is 23.0. The summed E-state index contributed by atoms with van der Waals surface area (Å²) in [6.45, 7) is 0.461. The van der Waals surface area contributed by atoms with Crippen molar-refractivity contribution in [1.82, 2.24) is 5.32 Å². The van der Waals surface area contributed by atoms with Gasteiger partial charge in [-0.3, -0.25) is 9.59 Å². The van der Waals surface area contributed by atoms with Crippen molar-refractivity contribution in [1.29, 1.82) is 0 Å². The Kier molecular flexibility index (Phi) is 3.97. The highest BCUT2D eigenvalue weighted by Gasteiger charge is 2.37. The molecule has 4 heteroatoms. The molecule has 0 radical (unpaired) electrons. The quantitative estimate of drug-likeness (QED) is 0.852. The lowest BCUT2D eigenvalue weighted by atomic mass is 9.95. The van der Waals surface area contributed by atoms with E-state index in [1.165, 1.54) is 0 Å². The Morgan fingerprint density at radius 3 is 2.50 bits per heavy atom. The Hall–Kier alpha value is -1.84. The normalized spacial score (nSPS) is 22.7. The van der Waals surface area contributed by atoms with E-state index in [1.54, 1.807) is 0 Å². The Labute approximate surface area is 106 Å². The molecule has 1 saturated carbocycles. The van der Waals surface area contributed by atoms with E-state index in [1.807, 2.05) is 30.3 Å². The maximum atomic E-state index is 12.0. The molecule has 2 rings (SSSR count). The van der Waals surface area contributed by atoms with Gasteiger partial charge in [-0.05, 0) is 18.4 Å². The van der Waals surface area contributed by atoms with Gasteiger partial charge in [-0.15, -0.1) is 0 Å². The van der Waals surface area contributed by atoms with E-state index < -0.39 is 11.9 Å². The highest BCUT2D eigenvalue weighted by Crippen LogP contribution is 2.32. The predicted molar refractivity (Wildman–Crippen MR) is 66.8 cm³/mol. The summed E-state index contributed by atoms with van der Waals surface area (Å²) in [6.07, 6.45) is 2.11. The molecule has 0 spiro atoms. The summed E-state index contributed by atoms with van der Waals surface area (Å²) in [7, 11) is 0. The molecule has 1 aliphatic rings. The number of rotatable bonds is 4. The van der Waals surface area contributed by atoms with Crippen LogP contribution >= 0.6 is 0 Å². The maximum absolute atomic E-state index is 12.0. The topological polar surface area (TPSA) is 66.4 Å². The van der Waals surface area contributed by atoms with Gasteiger partial charge in [0.05, 0.1) is 11.8 Å². The van der Waals surface area contributed by atoms with Crippen LogP contribution in [0.1, 0.15) is 24.8 Å². The van der Waals surface area contributed by atoms with Crippen LogP contribution in [0.4, 0.5) is 0 Å². The van der Waals surface area contributed by atoms with Gasteiger partial charge in [0, 0.05) is 6.54 Å². The first kappa shape index (κ1) is 12.6. The molecule has 0 aliphatic heterocycles. The monoisotopic (exact) mass is 247 g/mol. The van der Waals surface area contributed by atoms with Gasteiger partial charge in [-0.1, -0.05) is 36.8 Å². The van der Waals surface area contributed by atoms with E-state index in [4.69, 9.17) is 5.11 Å². The number of benzene rings is 1. The zero-order valence-corrected chi connectivity index (χ0v) is 10.1. The van der Waals surface area contributed by atoms with Crippen molar-refractivity contribution in [2.45, 2.75) is 25.8 Å². The van der Waals surface area contributed by atoms with Crippen LogP contribution in [0.25, 0.3) is 0 Å². The molecule has 18 heavy (non-hydrogen) atoms. The van der Waals surface area contributed by atoms with Gasteiger partial charge >= 0.3 is 5.97 Å². The zero-order chi connectivity index (χ0) is 13.0. The molecule has 0 heterocycles. The molecule has 1 aromatic rings. The van der Waals surface area contributed by atoms with Gasteiger partial charge in [0.25, 0.3) is 0 Å². The molecule has 2 atom stereocenters. The molecule has 1 aromatic carbocycles. The fourth-order valence-corrected chi connectivity index (χ4v) is 2.49. The molecule has 4 nitrogen and oxygen atoms in total. The minimum Gasteiger partial charge on any atom is -0.481 e. The molecule has 0 bridgehead atoms. The summed E-state index contributed by atoms with van der Waals surface area (Å²) in [6, 6.07) is 9.62. The Morgan fingerprint density at radius 2 is 1.83 bits per heavy atom. The van der Waals surface area contributed by atoms with Gasteiger partial charge in [-0.25, -0.2) is 0 Å². The Balaban J connectivity index is 1.90. The molecule has 2 unspecified atom stereocenters. The van der Waals surface area contributed by atoms with E-state index in [-0.39, 0.29) is 11.8 Å². The van der Waals surface area contributed by atoms with Crippen molar-refractivity contribution in [3.8, 4) is 0 Å². The van der Waals surface area contributed by atoms with Crippen LogP contribution in [-0.2, 0) is 16.1 Å². The van der Waals surface area contributed by atoms with Crippen LogP contribution < -0.4 is 5.32 Å². The number of nitrogens with one attached hydrogen (secondary N) is 1. The van der Waals surface area contributed by atoms with Crippen molar-refractivity contribution >= 4 is 11.9 Å². The molecule has 0 saturated heterocycles. The van der Waals surface area contributed by atoms with E-state index in [0.717, 1.165) is 12.0 Å². The van der Waals surface area contributed by atoms with Gasteiger partial charge in [-0.2, -0.15) is 0 Å². The van der Waals surface area contributed by atoms with Crippen molar-refractivity contribution in [3.05, 3.63) is 35.9 Å². The largest absolute Gasteiger partial charge is 0.481 e. The second kappa shape index (κ2) is 5.67. The van der Waals surface area contributed by atoms with Crippen molar-refractivity contribution in [2.24, 2.45) is 11.8 Å². The van der Waals surface area contributed by atoms with Crippen LogP contribution in [0.3, 0.4) is 0 Å². The third-order valence-electron chi connectivity index (χ3n) is 3.48. The number of carboxylic acids is 1. The predicted octanol–water partition coefficient (Wildman–Crippen LogP) is 1.80. The fraction of sp³-hybridized carbons (Fsp3) is 0.429. The highest BCUT2D eigenvalue weighted by molar-refractivity contribution is 5.85. The summed E-state index contributed by atoms with van der Waals surface area (Å²) < 4.78 is 0. The Bertz CT molecular complexity index is 430. The molecule has 1 fully saturated rings. The molecule has 0 aromatic heterocycles. The van der Waals surface area contributed by atoms with Gasteiger partial charge in [0.1, 0.15) is 0 Å².